The summed E-state index contributed by atoms with van der Waals surface area (Å²) in [5, 5.41) is 14.4. The van der Waals surface area contributed by atoms with Crippen molar-refractivity contribution in [1.82, 2.24) is 10.0 Å². The first-order chi connectivity index (χ1) is 15.4. The molecule has 0 radical (unpaired) electrons. The van der Waals surface area contributed by atoms with Crippen molar-refractivity contribution in [3.8, 4) is 0 Å². The lowest BCUT2D eigenvalue weighted by atomic mass is 9.97. The molecule has 1 unspecified atom stereocenters. The molecule has 2 aliphatic heterocycles. The SMILES string of the molecule is CCOC(=O)/C(Cc1ccc(F)cc1)=C1/CC(c2ccc([N+](=O)[O-])cc2)N2CCC(=O)N12. The fourth-order valence-electron chi connectivity index (χ4n) is 4.21. The summed E-state index contributed by atoms with van der Waals surface area (Å²) < 4.78 is 18.6. The molecule has 2 aromatic carbocycles. The molecule has 8 nitrogen and oxygen atoms in total. The zero-order chi connectivity index (χ0) is 22.8. The Morgan fingerprint density at radius 1 is 1.19 bits per heavy atom. The minimum atomic E-state index is -0.518. The highest BCUT2D eigenvalue weighted by Crippen LogP contribution is 2.44. The fourth-order valence-corrected chi connectivity index (χ4v) is 4.21. The van der Waals surface area contributed by atoms with Gasteiger partial charge in [-0.25, -0.2) is 19.2 Å². The molecule has 4 rings (SSSR count). The van der Waals surface area contributed by atoms with Crippen molar-refractivity contribution in [2.45, 2.75) is 32.2 Å². The van der Waals surface area contributed by atoms with Crippen LogP contribution >= 0.6 is 0 Å². The highest BCUT2D eigenvalue weighted by Gasteiger charge is 2.45. The molecule has 0 N–H and O–H groups in total. The molecule has 0 bridgehead atoms. The van der Waals surface area contributed by atoms with E-state index in [1.807, 2.05) is 5.01 Å². The van der Waals surface area contributed by atoms with E-state index in [1.165, 1.54) is 24.3 Å². The van der Waals surface area contributed by atoms with Gasteiger partial charge in [-0.1, -0.05) is 24.3 Å². The van der Waals surface area contributed by atoms with Crippen LogP contribution in [0.5, 0.6) is 0 Å². The van der Waals surface area contributed by atoms with Crippen LogP contribution in [-0.4, -0.2) is 40.0 Å². The Bertz CT molecular complexity index is 1080. The Kier molecular flexibility index (Phi) is 6.00. The second-order valence-electron chi connectivity index (χ2n) is 7.64. The third kappa shape index (κ3) is 4.11. The summed E-state index contributed by atoms with van der Waals surface area (Å²) in [5.41, 5.74) is 2.43. The van der Waals surface area contributed by atoms with E-state index >= 15 is 0 Å². The van der Waals surface area contributed by atoms with Crippen molar-refractivity contribution in [3.63, 3.8) is 0 Å². The lowest BCUT2D eigenvalue weighted by Gasteiger charge is -2.25. The molecule has 1 amide bonds. The maximum absolute atomic E-state index is 13.3. The van der Waals surface area contributed by atoms with E-state index in [4.69, 9.17) is 4.74 Å². The second kappa shape index (κ2) is 8.88. The maximum Gasteiger partial charge on any atom is 0.336 e. The quantitative estimate of drug-likeness (QED) is 0.295. The van der Waals surface area contributed by atoms with Crippen LogP contribution in [0.25, 0.3) is 0 Å². The number of halogens is 1. The van der Waals surface area contributed by atoms with Crippen LogP contribution in [0.3, 0.4) is 0 Å². The average molecular weight is 439 g/mol. The van der Waals surface area contributed by atoms with Gasteiger partial charge in [0, 0.05) is 37.9 Å². The van der Waals surface area contributed by atoms with Crippen LogP contribution in [0, 0.1) is 15.9 Å². The Balaban J connectivity index is 1.74. The van der Waals surface area contributed by atoms with Gasteiger partial charge in [-0.15, -0.1) is 0 Å². The van der Waals surface area contributed by atoms with Gasteiger partial charge in [0.1, 0.15) is 5.82 Å². The number of benzene rings is 2. The smallest absolute Gasteiger partial charge is 0.336 e. The third-order valence-electron chi connectivity index (χ3n) is 5.70. The number of amides is 1. The van der Waals surface area contributed by atoms with Crippen molar-refractivity contribution in [2.75, 3.05) is 13.2 Å². The molecule has 32 heavy (non-hydrogen) atoms. The lowest BCUT2D eigenvalue weighted by molar-refractivity contribution is -0.384. The van der Waals surface area contributed by atoms with E-state index in [1.54, 1.807) is 36.2 Å². The van der Waals surface area contributed by atoms with E-state index in [-0.39, 0.29) is 36.5 Å². The summed E-state index contributed by atoms with van der Waals surface area (Å²) in [6.07, 6.45) is 0.873. The first-order valence-corrected chi connectivity index (χ1v) is 10.4. The topological polar surface area (TPSA) is 93.0 Å². The standard InChI is InChI=1S/C23H22FN3O5/c1-2-32-23(29)19(13-15-3-7-17(24)8-4-15)21-14-20(25-12-11-22(28)26(21)25)16-5-9-18(10-6-16)27(30)31/h3-10,20H,2,11-14H2,1H3/b21-19-. The summed E-state index contributed by atoms with van der Waals surface area (Å²) in [5.74, 6) is -1.01. The molecule has 0 aromatic heterocycles. The molecule has 2 aromatic rings. The Morgan fingerprint density at radius 2 is 1.88 bits per heavy atom. The van der Waals surface area contributed by atoms with Gasteiger partial charge in [0.05, 0.1) is 28.8 Å². The molecule has 166 valence electrons. The molecular weight excluding hydrogens is 417 g/mol. The van der Waals surface area contributed by atoms with Crippen LogP contribution < -0.4 is 0 Å². The van der Waals surface area contributed by atoms with Crippen LogP contribution in [0.4, 0.5) is 10.1 Å². The third-order valence-corrected chi connectivity index (χ3v) is 5.70. The van der Waals surface area contributed by atoms with Gasteiger partial charge >= 0.3 is 5.97 Å². The number of ether oxygens (including phenoxy) is 1. The van der Waals surface area contributed by atoms with E-state index in [9.17, 15) is 24.1 Å². The highest BCUT2D eigenvalue weighted by molar-refractivity contribution is 5.92. The summed E-state index contributed by atoms with van der Waals surface area (Å²) in [6.45, 7) is 2.37. The number of carbonyl (C=O) groups excluding carboxylic acids is 2. The van der Waals surface area contributed by atoms with Crippen molar-refractivity contribution in [3.05, 3.63) is 86.9 Å². The fraction of sp³-hybridized carbons (Fsp3) is 0.304. The lowest BCUT2D eigenvalue weighted by Crippen LogP contribution is -2.34. The summed E-state index contributed by atoms with van der Waals surface area (Å²) in [6, 6.07) is 11.8. The number of esters is 1. The van der Waals surface area contributed by atoms with Crippen molar-refractivity contribution < 1.29 is 23.6 Å². The normalized spacial score (nSPS) is 19.8. The van der Waals surface area contributed by atoms with Gasteiger partial charge in [0.2, 0.25) is 5.91 Å². The van der Waals surface area contributed by atoms with E-state index < -0.39 is 10.9 Å². The van der Waals surface area contributed by atoms with Gasteiger partial charge in [0.15, 0.2) is 0 Å². The van der Waals surface area contributed by atoms with Crippen LogP contribution in [0.2, 0.25) is 0 Å². The molecule has 9 heteroatoms. The van der Waals surface area contributed by atoms with E-state index in [0.29, 0.717) is 30.7 Å². The number of hydrogen-bond donors (Lipinski definition) is 0. The summed E-state index contributed by atoms with van der Waals surface area (Å²) in [7, 11) is 0. The average Bonchev–Trinajstić information content (AvgIpc) is 3.34. The van der Waals surface area contributed by atoms with Gasteiger partial charge < -0.3 is 4.74 Å². The van der Waals surface area contributed by atoms with Crippen molar-refractivity contribution in [1.29, 1.82) is 0 Å². The van der Waals surface area contributed by atoms with Crippen molar-refractivity contribution >= 4 is 17.6 Å². The highest BCUT2D eigenvalue weighted by atomic mass is 19.1. The summed E-state index contributed by atoms with van der Waals surface area (Å²) >= 11 is 0. The van der Waals surface area contributed by atoms with Gasteiger partial charge in [-0.05, 0) is 30.2 Å². The Hall–Kier alpha value is -3.59. The molecule has 2 aliphatic rings. The van der Waals surface area contributed by atoms with E-state index in [2.05, 4.69) is 0 Å². The number of nitrogens with zero attached hydrogens (tertiary/aromatic N) is 3. The Labute approximate surface area is 184 Å². The molecule has 2 saturated heterocycles. The molecular formula is C23H22FN3O5. The first-order valence-electron chi connectivity index (χ1n) is 10.4. The Morgan fingerprint density at radius 3 is 2.50 bits per heavy atom. The number of nitro groups is 1. The largest absolute Gasteiger partial charge is 0.463 e. The molecule has 2 heterocycles. The monoisotopic (exact) mass is 439 g/mol. The number of rotatable bonds is 6. The summed E-state index contributed by atoms with van der Waals surface area (Å²) in [4.78, 5) is 36.1. The predicted molar refractivity (Wildman–Crippen MR) is 112 cm³/mol. The maximum atomic E-state index is 13.3. The number of hydrazine groups is 1. The molecule has 1 atom stereocenters. The van der Waals surface area contributed by atoms with Gasteiger partial charge in [0.25, 0.3) is 5.69 Å². The van der Waals surface area contributed by atoms with E-state index in [0.717, 1.165) is 11.1 Å². The number of non-ortho nitro benzene ring substituents is 1. The van der Waals surface area contributed by atoms with Gasteiger partial charge in [-0.3, -0.25) is 14.9 Å². The molecule has 0 saturated carbocycles. The van der Waals surface area contributed by atoms with Crippen molar-refractivity contribution in [2.24, 2.45) is 0 Å². The van der Waals surface area contributed by atoms with Crippen LogP contribution in [-0.2, 0) is 20.7 Å². The number of carbonyl (C=O) groups is 2. The van der Waals surface area contributed by atoms with Gasteiger partial charge in [-0.2, -0.15) is 0 Å². The minimum absolute atomic E-state index is 0.0135. The van der Waals surface area contributed by atoms with Crippen LogP contribution in [0.15, 0.2) is 59.8 Å². The first kappa shape index (κ1) is 21.6. The zero-order valence-corrected chi connectivity index (χ0v) is 17.5. The molecule has 0 aliphatic carbocycles. The number of hydrogen-bond acceptors (Lipinski definition) is 6. The number of nitro benzene ring substituents is 1. The van der Waals surface area contributed by atoms with Crippen LogP contribution in [0.1, 0.15) is 36.9 Å². The molecule has 0 spiro atoms. The predicted octanol–water partition coefficient (Wildman–Crippen LogP) is 3.69. The zero-order valence-electron chi connectivity index (χ0n) is 17.5. The molecule has 2 fully saturated rings. The second-order valence-corrected chi connectivity index (χ2v) is 7.64. The minimum Gasteiger partial charge on any atom is -0.463 e. The number of fused-ring (bicyclic) bond motifs is 1.